The van der Waals surface area contributed by atoms with Crippen molar-refractivity contribution in [2.45, 2.75) is 18.8 Å². The summed E-state index contributed by atoms with van der Waals surface area (Å²) >= 11 is 0. The average Bonchev–Trinajstić information content (AvgIpc) is 1.85. The van der Waals surface area contributed by atoms with Crippen molar-refractivity contribution in [2.75, 3.05) is 6.61 Å². The van der Waals surface area contributed by atoms with E-state index in [2.05, 4.69) is 4.74 Å². The summed E-state index contributed by atoms with van der Waals surface area (Å²) in [6.07, 6.45) is -6.87. The maximum absolute atomic E-state index is 12.0. The third-order valence-corrected chi connectivity index (χ3v) is 0.980. The number of hydrogen-bond donors (Lipinski definition) is 1. The molecule has 12 heavy (non-hydrogen) atoms. The summed E-state index contributed by atoms with van der Waals surface area (Å²) in [6, 6.07) is 0. The summed E-state index contributed by atoms with van der Waals surface area (Å²) < 4.78 is 50.3. The van der Waals surface area contributed by atoms with Crippen LogP contribution in [0.4, 0.5) is 22.4 Å². The molecular weight excluding hydrogens is 184 g/mol. The van der Waals surface area contributed by atoms with Crippen LogP contribution in [-0.2, 0) is 4.74 Å². The first kappa shape index (κ1) is 11.0. The highest BCUT2D eigenvalue weighted by molar-refractivity contribution is 5.56. The Morgan fingerprint density at radius 2 is 2.00 bits per heavy atom. The fourth-order valence-electron chi connectivity index (χ4n) is 0.384. The van der Waals surface area contributed by atoms with E-state index in [-0.39, 0.29) is 0 Å². The Labute approximate surface area is 64.9 Å². The predicted octanol–water partition coefficient (Wildman–Crippen LogP) is 1.97. The first-order chi connectivity index (χ1) is 5.36. The number of alkyl halides is 4. The minimum absolute atomic E-state index is 0.938. The molecule has 0 heterocycles. The quantitative estimate of drug-likeness (QED) is 0.544. The Balaban J connectivity index is 3.69. The van der Waals surface area contributed by atoms with Crippen LogP contribution in [0, 0.1) is 0 Å². The molecule has 0 aromatic heterocycles. The van der Waals surface area contributed by atoms with E-state index < -0.39 is 31.5 Å². The van der Waals surface area contributed by atoms with Crippen LogP contribution >= 0.6 is 0 Å². The largest absolute Gasteiger partial charge is 0.505 e. The molecule has 0 aliphatic heterocycles. The third-order valence-electron chi connectivity index (χ3n) is 0.980. The van der Waals surface area contributed by atoms with Crippen molar-refractivity contribution in [2.24, 2.45) is 0 Å². The molecule has 7 heteroatoms. The average molecular weight is 190 g/mol. The van der Waals surface area contributed by atoms with E-state index in [4.69, 9.17) is 5.11 Å². The second kappa shape index (κ2) is 4.13. The van der Waals surface area contributed by atoms with Gasteiger partial charge in [-0.25, -0.2) is 22.4 Å². The van der Waals surface area contributed by atoms with E-state index in [9.17, 15) is 22.4 Å². The Hall–Kier alpha value is -1.01. The minimum Gasteiger partial charge on any atom is -0.450 e. The molecule has 3 nitrogen and oxygen atoms in total. The zero-order valence-corrected chi connectivity index (χ0v) is 5.77. The van der Waals surface area contributed by atoms with Gasteiger partial charge in [0.2, 0.25) is 0 Å². The van der Waals surface area contributed by atoms with Crippen LogP contribution in [0.25, 0.3) is 0 Å². The number of halogens is 4. The molecule has 0 bridgehead atoms. The maximum atomic E-state index is 12.0. The third kappa shape index (κ3) is 3.99. The number of hydrogen-bond acceptors (Lipinski definition) is 2. The molecule has 0 aliphatic rings. The van der Waals surface area contributed by atoms with Crippen molar-refractivity contribution in [3.63, 3.8) is 0 Å². The van der Waals surface area contributed by atoms with E-state index in [0.717, 1.165) is 0 Å². The molecule has 0 aliphatic carbocycles. The van der Waals surface area contributed by atoms with Crippen molar-refractivity contribution in [3.8, 4) is 0 Å². The summed E-state index contributed by atoms with van der Waals surface area (Å²) in [7, 11) is 0. The number of rotatable bonds is 4. The highest BCUT2D eigenvalue weighted by atomic mass is 19.3. The van der Waals surface area contributed by atoms with Crippen LogP contribution in [0.1, 0.15) is 6.42 Å². The van der Waals surface area contributed by atoms with Crippen molar-refractivity contribution < 1.29 is 32.2 Å². The molecule has 0 rings (SSSR count). The number of ether oxygens (including phenoxy) is 1. The van der Waals surface area contributed by atoms with Gasteiger partial charge in [0.05, 0.1) is 6.42 Å². The van der Waals surface area contributed by atoms with Crippen LogP contribution in [0.5, 0.6) is 0 Å². The van der Waals surface area contributed by atoms with Crippen molar-refractivity contribution in [3.05, 3.63) is 0 Å². The first-order valence-electron chi connectivity index (χ1n) is 2.88. The maximum Gasteiger partial charge on any atom is 0.505 e. The van der Waals surface area contributed by atoms with Gasteiger partial charge in [-0.1, -0.05) is 0 Å². The molecule has 0 radical (unpaired) electrons. The molecule has 0 aromatic rings. The lowest BCUT2D eigenvalue weighted by molar-refractivity contribution is -0.139. The first-order valence-corrected chi connectivity index (χ1v) is 2.88. The fourth-order valence-corrected chi connectivity index (χ4v) is 0.384. The topological polar surface area (TPSA) is 46.5 Å². The van der Waals surface area contributed by atoms with Crippen molar-refractivity contribution in [1.82, 2.24) is 0 Å². The van der Waals surface area contributed by atoms with Crippen LogP contribution in [-0.4, -0.2) is 30.2 Å². The number of carbonyl (C=O) groups is 1. The Morgan fingerprint density at radius 1 is 1.50 bits per heavy atom. The summed E-state index contributed by atoms with van der Waals surface area (Å²) in [5, 5.41) is 7.79. The standard InChI is InChI=1S/C5H6F4O3/c6-3(7)5(8,9)1-2-12-4(10)11/h3H,1-2H2,(H,10,11). The molecule has 0 saturated carbocycles. The molecule has 0 amide bonds. The normalized spacial score (nSPS) is 11.8. The van der Waals surface area contributed by atoms with Gasteiger partial charge in [0.25, 0.3) is 0 Å². The Morgan fingerprint density at radius 3 is 2.33 bits per heavy atom. The Bertz CT molecular complexity index is 159. The monoisotopic (exact) mass is 190 g/mol. The molecule has 0 aromatic carbocycles. The lowest BCUT2D eigenvalue weighted by Gasteiger charge is -2.13. The zero-order valence-electron chi connectivity index (χ0n) is 5.77. The summed E-state index contributed by atoms with van der Waals surface area (Å²) in [6.45, 7) is -0.938. The summed E-state index contributed by atoms with van der Waals surface area (Å²) in [5.74, 6) is -4.19. The Kier molecular flexibility index (Phi) is 3.78. The van der Waals surface area contributed by atoms with E-state index in [0.29, 0.717) is 0 Å². The minimum atomic E-state index is -4.19. The highest BCUT2D eigenvalue weighted by Gasteiger charge is 2.40. The molecule has 0 saturated heterocycles. The fraction of sp³-hybridized carbons (Fsp3) is 0.800. The molecule has 72 valence electrons. The van der Waals surface area contributed by atoms with Crippen LogP contribution in [0.15, 0.2) is 0 Å². The van der Waals surface area contributed by atoms with Crippen LogP contribution in [0.2, 0.25) is 0 Å². The van der Waals surface area contributed by atoms with E-state index in [1.807, 2.05) is 0 Å². The van der Waals surface area contributed by atoms with Gasteiger partial charge in [-0.15, -0.1) is 0 Å². The molecule has 0 fully saturated rings. The van der Waals surface area contributed by atoms with E-state index in [1.54, 1.807) is 0 Å². The van der Waals surface area contributed by atoms with Gasteiger partial charge in [-0.2, -0.15) is 0 Å². The van der Waals surface area contributed by atoms with Gasteiger partial charge in [-0.3, -0.25) is 0 Å². The van der Waals surface area contributed by atoms with Gasteiger partial charge >= 0.3 is 18.5 Å². The lowest BCUT2D eigenvalue weighted by Crippen LogP contribution is -2.28. The van der Waals surface area contributed by atoms with Gasteiger partial charge in [-0.05, 0) is 0 Å². The van der Waals surface area contributed by atoms with Gasteiger partial charge in [0.1, 0.15) is 6.61 Å². The molecule has 0 unspecified atom stereocenters. The van der Waals surface area contributed by atoms with Gasteiger partial charge in [0.15, 0.2) is 0 Å². The van der Waals surface area contributed by atoms with Gasteiger partial charge in [0, 0.05) is 0 Å². The van der Waals surface area contributed by atoms with E-state index in [1.165, 1.54) is 0 Å². The van der Waals surface area contributed by atoms with Crippen LogP contribution < -0.4 is 0 Å². The van der Waals surface area contributed by atoms with Crippen LogP contribution in [0.3, 0.4) is 0 Å². The SMILES string of the molecule is O=C(O)OCCC(F)(F)C(F)F. The van der Waals surface area contributed by atoms with E-state index >= 15 is 0 Å². The summed E-state index contributed by atoms with van der Waals surface area (Å²) in [5.41, 5.74) is 0. The second-order valence-corrected chi connectivity index (χ2v) is 1.93. The predicted molar refractivity (Wildman–Crippen MR) is 29.5 cm³/mol. The molecular formula is C5H6F4O3. The molecule has 0 atom stereocenters. The molecule has 1 N–H and O–H groups in total. The number of carboxylic acid groups (broad SMARTS) is 1. The zero-order chi connectivity index (χ0) is 9.78. The summed E-state index contributed by atoms with van der Waals surface area (Å²) in [4.78, 5) is 9.60. The smallest absolute Gasteiger partial charge is 0.450 e. The highest BCUT2D eigenvalue weighted by Crippen LogP contribution is 2.26. The van der Waals surface area contributed by atoms with Crippen molar-refractivity contribution >= 4 is 6.16 Å². The molecule has 0 spiro atoms. The second-order valence-electron chi connectivity index (χ2n) is 1.93. The van der Waals surface area contributed by atoms with Crippen molar-refractivity contribution in [1.29, 1.82) is 0 Å². The lowest BCUT2D eigenvalue weighted by atomic mass is 10.2. The van der Waals surface area contributed by atoms with Gasteiger partial charge < -0.3 is 9.84 Å².